The summed E-state index contributed by atoms with van der Waals surface area (Å²) in [5, 5.41) is 11.0. The molecule has 0 atom stereocenters. The largest absolute Gasteiger partial charge is 0.434 e. The second kappa shape index (κ2) is 5.98. The fourth-order valence-electron chi connectivity index (χ4n) is 1.67. The molecule has 1 aromatic carbocycles. The smallest absolute Gasteiger partial charge is 0.331 e. The van der Waals surface area contributed by atoms with E-state index in [1.165, 1.54) is 12.1 Å². The Bertz CT molecular complexity index is 631. The zero-order chi connectivity index (χ0) is 14.5. The van der Waals surface area contributed by atoms with E-state index in [4.69, 9.17) is 10.6 Å². The third-order valence-electron chi connectivity index (χ3n) is 2.71. The van der Waals surface area contributed by atoms with Crippen molar-refractivity contribution in [2.24, 2.45) is 5.84 Å². The number of anilines is 1. The summed E-state index contributed by atoms with van der Waals surface area (Å²) in [6, 6.07) is 10.0. The number of nitro groups is 1. The van der Waals surface area contributed by atoms with Gasteiger partial charge in [0.25, 0.3) is 0 Å². The number of hydrazine groups is 1. The number of aromatic nitrogens is 1. The Morgan fingerprint density at radius 2 is 2.20 bits per heavy atom. The molecule has 0 aliphatic rings. The first-order valence-electron chi connectivity index (χ1n) is 6.03. The summed E-state index contributed by atoms with van der Waals surface area (Å²) >= 11 is 0. The van der Waals surface area contributed by atoms with Crippen LogP contribution in [0.4, 0.5) is 11.5 Å². The summed E-state index contributed by atoms with van der Waals surface area (Å²) < 4.78 is 5.51. The van der Waals surface area contributed by atoms with Gasteiger partial charge in [-0.15, -0.1) is 0 Å². The van der Waals surface area contributed by atoms with Crippen LogP contribution in [0.2, 0.25) is 0 Å². The molecule has 0 fully saturated rings. The minimum atomic E-state index is -0.549. The van der Waals surface area contributed by atoms with Crippen molar-refractivity contribution < 1.29 is 9.66 Å². The van der Waals surface area contributed by atoms with Crippen LogP contribution in [0.15, 0.2) is 36.4 Å². The van der Waals surface area contributed by atoms with Gasteiger partial charge in [-0.05, 0) is 30.2 Å². The lowest BCUT2D eigenvalue weighted by Crippen LogP contribution is -2.09. The number of nitrogens with zero attached hydrogens (tertiary/aromatic N) is 2. The van der Waals surface area contributed by atoms with E-state index >= 15 is 0 Å². The van der Waals surface area contributed by atoms with E-state index in [0.717, 1.165) is 12.0 Å². The van der Waals surface area contributed by atoms with E-state index < -0.39 is 4.92 Å². The molecule has 0 aliphatic heterocycles. The van der Waals surface area contributed by atoms with Gasteiger partial charge in [0.1, 0.15) is 11.6 Å². The highest BCUT2D eigenvalue weighted by Gasteiger charge is 2.18. The van der Waals surface area contributed by atoms with Crippen LogP contribution < -0.4 is 16.0 Å². The molecule has 0 saturated carbocycles. The quantitative estimate of drug-likeness (QED) is 0.493. The van der Waals surface area contributed by atoms with Crippen molar-refractivity contribution in [3.63, 3.8) is 0 Å². The second-order valence-corrected chi connectivity index (χ2v) is 4.03. The molecule has 0 unspecified atom stereocenters. The average Bonchev–Trinajstić information content (AvgIpc) is 2.47. The normalized spacial score (nSPS) is 10.1. The molecule has 3 N–H and O–H groups in total. The molecule has 0 bridgehead atoms. The van der Waals surface area contributed by atoms with Crippen molar-refractivity contribution in [1.29, 1.82) is 0 Å². The molecule has 1 heterocycles. The van der Waals surface area contributed by atoms with Crippen LogP contribution >= 0.6 is 0 Å². The average molecular weight is 274 g/mol. The lowest BCUT2D eigenvalue weighted by Gasteiger charge is -2.08. The summed E-state index contributed by atoms with van der Waals surface area (Å²) in [6.07, 6.45) is 0.844. The number of nitrogen functional groups attached to an aromatic ring is 1. The van der Waals surface area contributed by atoms with Crippen LogP contribution in [0.3, 0.4) is 0 Å². The Balaban J connectivity index is 2.37. The summed E-state index contributed by atoms with van der Waals surface area (Å²) in [6.45, 7) is 2.01. The number of rotatable bonds is 5. The van der Waals surface area contributed by atoms with E-state index in [1.807, 2.05) is 25.1 Å². The maximum atomic E-state index is 11.0. The summed E-state index contributed by atoms with van der Waals surface area (Å²) in [4.78, 5) is 14.4. The summed E-state index contributed by atoms with van der Waals surface area (Å²) in [5.41, 5.74) is 3.18. The Hall–Kier alpha value is -2.67. The molecule has 7 heteroatoms. The lowest BCUT2D eigenvalue weighted by molar-refractivity contribution is -0.386. The van der Waals surface area contributed by atoms with E-state index in [-0.39, 0.29) is 17.4 Å². The van der Waals surface area contributed by atoms with Gasteiger partial charge in [0, 0.05) is 6.07 Å². The van der Waals surface area contributed by atoms with Crippen LogP contribution in [0, 0.1) is 10.1 Å². The van der Waals surface area contributed by atoms with Crippen molar-refractivity contribution in [1.82, 2.24) is 4.98 Å². The Morgan fingerprint density at radius 1 is 1.40 bits per heavy atom. The van der Waals surface area contributed by atoms with Crippen molar-refractivity contribution in [2.75, 3.05) is 5.43 Å². The lowest BCUT2D eigenvalue weighted by atomic mass is 10.2. The maximum absolute atomic E-state index is 11.0. The zero-order valence-electron chi connectivity index (χ0n) is 10.9. The van der Waals surface area contributed by atoms with Gasteiger partial charge in [-0.3, -0.25) is 10.1 Å². The fourth-order valence-corrected chi connectivity index (χ4v) is 1.67. The minimum Gasteiger partial charge on any atom is -0.434 e. The highest BCUT2D eigenvalue weighted by atomic mass is 16.6. The van der Waals surface area contributed by atoms with Gasteiger partial charge >= 0.3 is 11.6 Å². The summed E-state index contributed by atoms with van der Waals surface area (Å²) in [5.74, 6) is 5.93. The molecule has 0 aliphatic carbocycles. The molecule has 0 radical (unpaired) electrons. The summed E-state index contributed by atoms with van der Waals surface area (Å²) in [7, 11) is 0. The number of aryl methyl sites for hydroxylation is 1. The fraction of sp³-hybridized carbons (Fsp3) is 0.154. The molecule has 0 saturated heterocycles. The van der Waals surface area contributed by atoms with Gasteiger partial charge < -0.3 is 10.2 Å². The molecule has 0 amide bonds. The third-order valence-corrected chi connectivity index (χ3v) is 2.71. The first kappa shape index (κ1) is 13.8. The number of benzene rings is 1. The monoisotopic (exact) mass is 274 g/mol. The van der Waals surface area contributed by atoms with Gasteiger partial charge in [-0.25, -0.2) is 5.84 Å². The molecular formula is C13H14N4O3. The second-order valence-electron chi connectivity index (χ2n) is 4.03. The van der Waals surface area contributed by atoms with Gasteiger partial charge in [0.2, 0.25) is 0 Å². The Morgan fingerprint density at radius 3 is 2.85 bits per heavy atom. The predicted octanol–water partition coefficient (Wildman–Crippen LogP) is 2.63. The predicted molar refractivity (Wildman–Crippen MR) is 74.6 cm³/mol. The number of hydrogen-bond acceptors (Lipinski definition) is 6. The van der Waals surface area contributed by atoms with E-state index in [0.29, 0.717) is 5.75 Å². The van der Waals surface area contributed by atoms with Gasteiger partial charge in [-0.1, -0.05) is 19.1 Å². The van der Waals surface area contributed by atoms with Crippen molar-refractivity contribution in [3.05, 3.63) is 52.1 Å². The zero-order valence-corrected chi connectivity index (χ0v) is 10.9. The van der Waals surface area contributed by atoms with Crippen LogP contribution in [-0.4, -0.2) is 9.91 Å². The molecule has 2 aromatic rings. The first-order valence-corrected chi connectivity index (χ1v) is 6.03. The molecule has 2 rings (SSSR count). The van der Waals surface area contributed by atoms with Gasteiger partial charge in [0.05, 0.1) is 4.92 Å². The van der Waals surface area contributed by atoms with Crippen LogP contribution in [0.25, 0.3) is 0 Å². The number of nitrogens with one attached hydrogen (secondary N) is 1. The van der Waals surface area contributed by atoms with Gasteiger partial charge in [-0.2, -0.15) is 4.98 Å². The van der Waals surface area contributed by atoms with Crippen LogP contribution in [0.5, 0.6) is 11.6 Å². The number of ether oxygens (including phenoxy) is 1. The van der Waals surface area contributed by atoms with E-state index in [9.17, 15) is 10.1 Å². The Kier molecular flexibility index (Phi) is 4.11. The number of pyridine rings is 1. The SMILES string of the molecule is CCc1cccc(Oc2nc(NN)ccc2[N+](=O)[O-])c1. The number of hydrogen-bond donors (Lipinski definition) is 2. The highest BCUT2D eigenvalue weighted by Crippen LogP contribution is 2.30. The van der Waals surface area contributed by atoms with Crippen LogP contribution in [0.1, 0.15) is 12.5 Å². The Labute approximate surface area is 115 Å². The highest BCUT2D eigenvalue weighted by molar-refractivity contribution is 5.50. The van der Waals surface area contributed by atoms with E-state index in [2.05, 4.69) is 10.4 Å². The molecule has 0 spiro atoms. The van der Waals surface area contributed by atoms with Crippen molar-refractivity contribution >= 4 is 11.5 Å². The third kappa shape index (κ3) is 3.01. The van der Waals surface area contributed by atoms with Crippen molar-refractivity contribution in [2.45, 2.75) is 13.3 Å². The standard InChI is InChI=1S/C13H14N4O3/c1-2-9-4-3-5-10(8-9)20-13-11(17(18)19)6-7-12(15-13)16-14/h3-8H,2,14H2,1H3,(H,15,16). The van der Waals surface area contributed by atoms with Crippen LogP contribution in [-0.2, 0) is 6.42 Å². The topological polar surface area (TPSA) is 103 Å². The first-order chi connectivity index (χ1) is 9.63. The molecular weight excluding hydrogens is 260 g/mol. The molecule has 20 heavy (non-hydrogen) atoms. The van der Waals surface area contributed by atoms with E-state index in [1.54, 1.807) is 6.07 Å². The maximum Gasteiger partial charge on any atom is 0.331 e. The number of nitrogens with two attached hydrogens (primary N) is 1. The molecule has 7 nitrogen and oxygen atoms in total. The van der Waals surface area contributed by atoms with Crippen molar-refractivity contribution in [3.8, 4) is 11.6 Å². The molecule has 104 valence electrons. The van der Waals surface area contributed by atoms with Gasteiger partial charge in [0.15, 0.2) is 0 Å². The molecule has 1 aromatic heterocycles. The minimum absolute atomic E-state index is 0.0984.